The van der Waals surface area contributed by atoms with Crippen molar-refractivity contribution in [1.29, 1.82) is 5.26 Å². The van der Waals surface area contributed by atoms with Crippen LogP contribution in [0.25, 0.3) is 0 Å². The molecule has 20 heavy (non-hydrogen) atoms. The molecule has 0 atom stereocenters. The second-order valence-electron chi connectivity index (χ2n) is 4.40. The van der Waals surface area contributed by atoms with Crippen LogP contribution in [0.15, 0.2) is 47.3 Å². The third-order valence-electron chi connectivity index (χ3n) is 2.85. The molecule has 1 heterocycles. The van der Waals surface area contributed by atoms with Gasteiger partial charge in [-0.25, -0.2) is 0 Å². The fourth-order valence-corrected chi connectivity index (χ4v) is 1.81. The van der Waals surface area contributed by atoms with Crippen molar-refractivity contribution in [3.63, 3.8) is 0 Å². The van der Waals surface area contributed by atoms with E-state index in [2.05, 4.69) is 4.98 Å². The molecule has 5 heteroatoms. The van der Waals surface area contributed by atoms with Crippen LogP contribution in [-0.2, 0) is 6.54 Å². The molecule has 0 saturated carbocycles. The standard InChI is InChI=1S/C15H13N3O2/c1-18(10-12-7-5-11(9-16)6-8-12)15(20)13-3-2-4-14(19)17-13/h2-8H,10H2,1H3,(H,17,19). The van der Waals surface area contributed by atoms with Crippen LogP contribution in [0, 0.1) is 11.3 Å². The molecule has 1 amide bonds. The number of H-pyrrole nitrogens is 1. The van der Waals surface area contributed by atoms with E-state index < -0.39 is 0 Å². The number of carbonyl (C=O) groups is 1. The van der Waals surface area contributed by atoms with E-state index in [-0.39, 0.29) is 17.2 Å². The zero-order chi connectivity index (χ0) is 14.5. The predicted molar refractivity (Wildman–Crippen MR) is 74.0 cm³/mol. The number of benzene rings is 1. The minimum Gasteiger partial charge on any atom is -0.336 e. The molecule has 100 valence electrons. The quantitative estimate of drug-likeness (QED) is 0.915. The smallest absolute Gasteiger partial charge is 0.270 e. The first kappa shape index (κ1) is 13.6. The van der Waals surface area contributed by atoms with Crippen molar-refractivity contribution in [3.8, 4) is 6.07 Å². The Kier molecular flexibility index (Phi) is 3.96. The third-order valence-corrected chi connectivity index (χ3v) is 2.85. The molecule has 0 fully saturated rings. The van der Waals surface area contributed by atoms with Crippen molar-refractivity contribution in [3.05, 3.63) is 69.6 Å². The number of nitrogens with zero attached hydrogens (tertiary/aromatic N) is 2. The number of nitrogens with one attached hydrogen (secondary N) is 1. The second-order valence-corrected chi connectivity index (χ2v) is 4.40. The summed E-state index contributed by atoms with van der Waals surface area (Å²) < 4.78 is 0. The lowest BCUT2D eigenvalue weighted by molar-refractivity contribution is 0.0779. The van der Waals surface area contributed by atoms with Crippen LogP contribution >= 0.6 is 0 Å². The Morgan fingerprint density at radius 2 is 1.95 bits per heavy atom. The van der Waals surface area contributed by atoms with E-state index in [0.29, 0.717) is 12.1 Å². The van der Waals surface area contributed by atoms with Gasteiger partial charge in [-0.3, -0.25) is 9.59 Å². The second kappa shape index (κ2) is 5.85. The molecule has 1 aromatic carbocycles. The van der Waals surface area contributed by atoms with Crippen molar-refractivity contribution in [2.45, 2.75) is 6.54 Å². The highest BCUT2D eigenvalue weighted by Crippen LogP contribution is 2.08. The molecule has 1 aromatic heterocycles. The van der Waals surface area contributed by atoms with Gasteiger partial charge in [0.05, 0.1) is 11.6 Å². The molecule has 0 unspecified atom stereocenters. The fourth-order valence-electron chi connectivity index (χ4n) is 1.81. The molecule has 2 aromatic rings. The number of rotatable bonds is 3. The van der Waals surface area contributed by atoms with Gasteiger partial charge in [0, 0.05) is 19.7 Å². The summed E-state index contributed by atoms with van der Waals surface area (Å²) in [7, 11) is 1.66. The molecule has 0 bridgehead atoms. The summed E-state index contributed by atoms with van der Waals surface area (Å²) in [6.07, 6.45) is 0. The van der Waals surface area contributed by atoms with Crippen LogP contribution in [0.5, 0.6) is 0 Å². The van der Waals surface area contributed by atoms with Gasteiger partial charge in [0.2, 0.25) is 5.56 Å². The molecule has 2 rings (SSSR count). The lowest BCUT2D eigenvalue weighted by Crippen LogP contribution is -2.28. The van der Waals surface area contributed by atoms with Gasteiger partial charge in [0.1, 0.15) is 5.69 Å². The Labute approximate surface area is 116 Å². The van der Waals surface area contributed by atoms with Gasteiger partial charge in [-0.15, -0.1) is 0 Å². The summed E-state index contributed by atoms with van der Waals surface area (Å²) >= 11 is 0. The molecule has 0 aliphatic rings. The molecule has 0 radical (unpaired) electrons. The van der Waals surface area contributed by atoms with Crippen LogP contribution in [-0.4, -0.2) is 22.8 Å². The maximum absolute atomic E-state index is 12.1. The SMILES string of the molecule is CN(Cc1ccc(C#N)cc1)C(=O)c1cccc(=O)[nH]1. The Balaban J connectivity index is 2.11. The topological polar surface area (TPSA) is 77.0 Å². The van der Waals surface area contributed by atoms with Gasteiger partial charge in [0.15, 0.2) is 0 Å². The van der Waals surface area contributed by atoms with Crippen LogP contribution in [0.1, 0.15) is 21.6 Å². The van der Waals surface area contributed by atoms with Crippen molar-refractivity contribution in [1.82, 2.24) is 9.88 Å². The lowest BCUT2D eigenvalue weighted by atomic mass is 10.1. The molecule has 1 N–H and O–H groups in total. The summed E-state index contributed by atoms with van der Waals surface area (Å²) in [5.74, 6) is -0.257. The van der Waals surface area contributed by atoms with E-state index in [1.807, 2.05) is 6.07 Å². The van der Waals surface area contributed by atoms with Gasteiger partial charge < -0.3 is 9.88 Å². The normalized spacial score (nSPS) is 9.80. The molecule has 0 aliphatic carbocycles. The molecule has 0 saturated heterocycles. The number of hydrogen-bond acceptors (Lipinski definition) is 3. The Morgan fingerprint density at radius 1 is 1.25 bits per heavy atom. The van der Waals surface area contributed by atoms with Crippen molar-refractivity contribution >= 4 is 5.91 Å². The summed E-state index contributed by atoms with van der Waals surface area (Å²) in [6.45, 7) is 0.404. The van der Waals surface area contributed by atoms with Crippen molar-refractivity contribution in [2.24, 2.45) is 0 Å². The monoisotopic (exact) mass is 267 g/mol. The van der Waals surface area contributed by atoms with E-state index >= 15 is 0 Å². The van der Waals surface area contributed by atoms with Crippen LogP contribution in [0.3, 0.4) is 0 Å². The minimum atomic E-state index is -0.303. The zero-order valence-corrected chi connectivity index (χ0v) is 11.0. The average molecular weight is 267 g/mol. The van der Waals surface area contributed by atoms with E-state index in [1.54, 1.807) is 43.4 Å². The molecular weight excluding hydrogens is 254 g/mol. The number of nitriles is 1. The number of hydrogen-bond donors (Lipinski definition) is 1. The van der Waals surface area contributed by atoms with E-state index in [9.17, 15) is 9.59 Å². The van der Waals surface area contributed by atoms with Gasteiger partial charge in [-0.2, -0.15) is 5.26 Å². The lowest BCUT2D eigenvalue weighted by Gasteiger charge is -2.17. The van der Waals surface area contributed by atoms with E-state index in [0.717, 1.165) is 5.56 Å². The first-order chi connectivity index (χ1) is 9.60. The molecule has 5 nitrogen and oxygen atoms in total. The van der Waals surface area contributed by atoms with E-state index in [4.69, 9.17) is 5.26 Å². The van der Waals surface area contributed by atoms with Crippen molar-refractivity contribution < 1.29 is 4.79 Å². The Morgan fingerprint density at radius 3 is 2.55 bits per heavy atom. The first-order valence-corrected chi connectivity index (χ1v) is 6.04. The third kappa shape index (κ3) is 3.12. The van der Waals surface area contributed by atoms with Gasteiger partial charge in [0.25, 0.3) is 5.91 Å². The molecule has 0 aliphatic heterocycles. The number of carbonyl (C=O) groups excluding carboxylic acids is 1. The summed E-state index contributed by atoms with van der Waals surface area (Å²) in [4.78, 5) is 27.3. The summed E-state index contributed by atoms with van der Waals surface area (Å²) in [5, 5.41) is 8.73. The average Bonchev–Trinajstić information content (AvgIpc) is 2.47. The number of aromatic nitrogens is 1. The van der Waals surface area contributed by atoms with E-state index in [1.165, 1.54) is 11.0 Å². The Bertz CT molecular complexity index is 711. The summed E-state index contributed by atoms with van der Waals surface area (Å²) in [6, 6.07) is 13.5. The molecular formula is C15H13N3O2. The summed E-state index contributed by atoms with van der Waals surface area (Å²) in [5.41, 5.74) is 1.45. The Hall–Kier alpha value is -2.87. The van der Waals surface area contributed by atoms with Crippen molar-refractivity contribution in [2.75, 3.05) is 7.05 Å². The highest BCUT2D eigenvalue weighted by molar-refractivity contribution is 5.91. The molecule has 0 spiro atoms. The van der Waals surface area contributed by atoms with Gasteiger partial charge in [-0.1, -0.05) is 18.2 Å². The zero-order valence-electron chi connectivity index (χ0n) is 11.0. The fraction of sp³-hybridized carbons (Fsp3) is 0.133. The number of aromatic amines is 1. The van der Waals surface area contributed by atoms with Gasteiger partial charge >= 0.3 is 0 Å². The highest BCUT2D eigenvalue weighted by Gasteiger charge is 2.12. The maximum Gasteiger partial charge on any atom is 0.270 e. The van der Waals surface area contributed by atoms with Crippen LogP contribution in [0.4, 0.5) is 0 Å². The number of amides is 1. The highest BCUT2D eigenvalue weighted by atomic mass is 16.2. The van der Waals surface area contributed by atoms with Crippen LogP contribution in [0.2, 0.25) is 0 Å². The number of pyridine rings is 1. The minimum absolute atomic E-state index is 0.257. The van der Waals surface area contributed by atoms with Gasteiger partial charge in [-0.05, 0) is 23.8 Å². The predicted octanol–water partition coefficient (Wildman–Crippen LogP) is 1.52. The largest absolute Gasteiger partial charge is 0.336 e. The van der Waals surface area contributed by atoms with Crippen LogP contribution < -0.4 is 5.56 Å². The maximum atomic E-state index is 12.1. The first-order valence-electron chi connectivity index (χ1n) is 6.04.